The van der Waals surface area contributed by atoms with Crippen LogP contribution in [0.1, 0.15) is 5.56 Å². The van der Waals surface area contributed by atoms with E-state index in [4.69, 9.17) is 22.1 Å². The summed E-state index contributed by atoms with van der Waals surface area (Å²) in [6.07, 6.45) is 1.63. The SMILES string of the molecule is NCc1ccc(Oc2ncccc2Cl)cc1. The van der Waals surface area contributed by atoms with Crippen LogP contribution in [-0.4, -0.2) is 4.98 Å². The third-order valence-electron chi connectivity index (χ3n) is 2.10. The maximum absolute atomic E-state index is 5.93. The molecule has 4 heteroatoms. The molecule has 0 spiro atoms. The number of aromatic nitrogens is 1. The second-order valence-corrected chi connectivity index (χ2v) is 3.65. The summed E-state index contributed by atoms with van der Waals surface area (Å²) in [5, 5.41) is 0.491. The zero-order valence-electron chi connectivity index (χ0n) is 8.56. The van der Waals surface area contributed by atoms with Gasteiger partial charge in [0.15, 0.2) is 0 Å². The van der Waals surface area contributed by atoms with Crippen LogP contribution >= 0.6 is 11.6 Å². The van der Waals surface area contributed by atoms with Gasteiger partial charge in [0.1, 0.15) is 10.8 Å². The Bertz CT molecular complexity index is 471. The van der Waals surface area contributed by atoms with E-state index in [1.165, 1.54) is 0 Å². The second kappa shape index (κ2) is 4.96. The molecular weight excluding hydrogens is 224 g/mol. The molecule has 0 unspecified atom stereocenters. The summed E-state index contributed by atoms with van der Waals surface area (Å²) in [7, 11) is 0. The average Bonchev–Trinajstić information content (AvgIpc) is 2.33. The first kappa shape index (κ1) is 10.9. The standard InChI is InChI=1S/C12H11ClN2O/c13-11-2-1-7-15-12(11)16-10-5-3-9(8-14)4-6-10/h1-7H,8,14H2. The van der Waals surface area contributed by atoms with Gasteiger partial charge in [-0.3, -0.25) is 0 Å². The van der Waals surface area contributed by atoms with Gasteiger partial charge in [-0.15, -0.1) is 0 Å². The Labute approximate surface area is 98.8 Å². The van der Waals surface area contributed by atoms with Crippen LogP contribution in [0.3, 0.4) is 0 Å². The minimum absolute atomic E-state index is 0.407. The van der Waals surface area contributed by atoms with Crippen molar-refractivity contribution in [2.24, 2.45) is 5.73 Å². The molecule has 0 saturated carbocycles. The number of ether oxygens (including phenoxy) is 1. The molecule has 2 N–H and O–H groups in total. The Balaban J connectivity index is 2.18. The molecule has 0 atom stereocenters. The highest BCUT2D eigenvalue weighted by molar-refractivity contribution is 6.31. The van der Waals surface area contributed by atoms with Gasteiger partial charge in [-0.2, -0.15) is 0 Å². The van der Waals surface area contributed by atoms with Crippen LogP contribution in [0.2, 0.25) is 5.02 Å². The van der Waals surface area contributed by atoms with E-state index in [-0.39, 0.29) is 0 Å². The highest BCUT2D eigenvalue weighted by Crippen LogP contribution is 2.26. The molecule has 2 aromatic rings. The van der Waals surface area contributed by atoms with Crippen molar-refractivity contribution in [1.82, 2.24) is 4.98 Å². The summed E-state index contributed by atoms with van der Waals surface area (Å²) in [5.41, 5.74) is 6.56. The van der Waals surface area contributed by atoms with Crippen molar-refractivity contribution in [3.8, 4) is 11.6 Å². The summed E-state index contributed by atoms with van der Waals surface area (Å²) in [6, 6.07) is 11.0. The van der Waals surface area contributed by atoms with Crippen molar-refractivity contribution < 1.29 is 4.74 Å². The quantitative estimate of drug-likeness (QED) is 0.888. The maximum Gasteiger partial charge on any atom is 0.238 e. The molecule has 0 fully saturated rings. The number of nitrogens with zero attached hydrogens (tertiary/aromatic N) is 1. The molecule has 3 nitrogen and oxygen atoms in total. The van der Waals surface area contributed by atoms with Crippen LogP contribution in [-0.2, 0) is 6.54 Å². The zero-order chi connectivity index (χ0) is 11.4. The van der Waals surface area contributed by atoms with Crippen LogP contribution in [0.25, 0.3) is 0 Å². The number of hydrogen-bond acceptors (Lipinski definition) is 3. The molecule has 0 aliphatic heterocycles. The molecule has 0 radical (unpaired) electrons. The van der Waals surface area contributed by atoms with Gasteiger partial charge in [-0.25, -0.2) is 4.98 Å². The Kier molecular flexibility index (Phi) is 3.39. The molecule has 0 saturated heterocycles. The van der Waals surface area contributed by atoms with E-state index in [9.17, 15) is 0 Å². The fraction of sp³-hybridized carbons (Fsp3) is 0.0833. The number of halogens is 1. The maximum atomic E-state index is 5.93. The molecule has 0 aliphatic carbocycles. The first-order valence-corrected chi connectivity index (χ1v) is 5.25. The van der Waals surface area contributed by atoms with Gasteiger partial charge in [0, 0.05) is 12.7 Å². The van der Waals surface area contributed by atoms with Crippen molar-refractivity contribution in [3.63, 3.8) is 0 Å². The predicted molar refractivity (Wildman–Crippen MR) is 63.7 cm³/mol. The lowest BCUT2D eigenvalue weighted by atomic mass is 10.2. The Morgan fingerprint density at radius 3 is 2.56 bits per heavy atom. The van der Waals surface area contributed by atoms with Gasteiger partial charge in [-0.1, -0.05) is 23.7 Å². The zero-order valence-corrected chi connectivity index (χ0v) is 9.32. The van der Waals surface area contributed by atoms with Crippen LogP contribution in [0, 0.1) is 0 Å². The molecule has 82 valence electrons. The predicted octanol–water partition coefficient (Wildman–Crippen LogP) is 2.99. The van der Waals surface area contributed by atoms with Crippen LogP contribution in [0.15, 0.2) is 42.6 Å². The molecule has 0 bridgehead atoms. The molecule has 2 rings (SSSR count). The summed E-state index contributed by atoms with van der Waals surface area (Å²) in [4.78, 5) is 4.04. The molecule has 0 aliphatic rings. The third-order valence-corrected chi connectivity index (χ3v) is 2.39. The van der Waals surface area contributed by atoms with Crippen LogP contribution in [0.4, 0.5) is 0 Å². The number of benzene rings is 1. The molecule has 16 heavy (non-hydrogen) atoms. The summed E-state index contributed by atoms with van der Waals surface area (Å²) < 4.78 is 5.52. The molecule has 0 amide bonds. The molecule has 1 heterocycles. The number of rotatable bonds is 3. The topological polar surface area (TPSA) is 48.1 Å². The van der Waals surface area contributed by atoms with E-state index in [0.29, 0.717) is 23.2 Å². The van der Waals surface area contributed by atoms with Crippen molar-refractivity contribution in [3.05, 3.63) is 53.2 Å². The molecular formula is C12H11ClN2O. The van der Waals surface area contributed by atoms with Gasteiger partial charge in [-0.05, 0) is 29.8 Å². The Hall–Kier alpha value is -1.58. The van der Waals surface area contributed by atoms with Crippen molar-refractivity contribution >= 4 is 11.6 Å². The lowest BCUT2D eigenvalue weighted by Crippen LogP contribution is -1.95. The number of pyridine rings is 1. The fourth-order valence-electron chi connectivity index (χ4n) is 1.25. The van der Waals surface area contributed by atoms with Gasteiger partial charge in [0.2, 0.25) is 5.88 Å². The van der Waals surface area contributed by atoms with E-state index in [0.717, 1.165) is 5.56 Å². The van der Waals surface area contributed by atoms with Crippen molar-refractivity contribution in [1.29, 1.82) is 0 Å². The second-order valence-electron chi connectivity index (χ2n) is 3.24. The van der Waals surface area contributed by atoms with E-state index in [1.54, 1.807) is 18.3 Å². The van der Waals surface area contributed by atoms with Crippen LogP contribution < -0.4 is 10.5 Å². The monoisotopic (exact) mass is 234 g/mol. The fourth-order valence-corrected chi connectivity index (χ4v) is 1.41. The van der Waals surface area contributed by atoms with E-state index >= 15 is 0 Å². The Morgan fingerprint density at radius 2 is 1.94 bits per heavy atom. The average molecular weight is 235 g/mol. The lowest BCUT2D eigenvalue weighted by Gasteiger charge is -2.06. The summed E-state index contributed by atoms with van der Waals surface area (Å²) in [6.45, 7) is 0.518. The molecule has 1 aromatic carbocycles. The van der Waals surface area contributed by atoms with Crippen LogP contribution in [0.5, 0.6) is 11.6 Å². The third kappa shape index (κ3) is 2.51. The Morgan fingerprint density at radius 1 is 1.19 bits per heavy atom. The van der Waals surface area contributed by atoms with Gasteiger partial charge < -0.3 is 10.5 Å². The highest BCUT2D eigenvalue weighted by atomic mass is 35.5. The minimum Gasteiger partial charge on any atom is -0.438 e. The summed E-state index contributed by atoms with van der Waals surface area (Å²) >= 11 is 5.93. The first-order valence-electron chi connectivity index (χ1n) is 4.87. The van der Waals surface area contributed by atoms with E-state index in [2.05, 4.69) is 4.98 Å². The first-order chi connectivity index (χ1) is 7.79. The van der Waals surface area contributed by atoms with E-state index < -0.39 is 0 Å². The minimum atomic E-state index is 0.407. The highest BCUT2D eigenvalue weighted by Gasteiger charge is 2.02. The van der Waals surface area contributed by atoms with Gasteiger partial charge in [0.25, 0.3) is 0 Å². The van der Waals surface area contributed by atoms with Gasteiger partial charge in [0.05, 0.1) is 0 Å². The largest absolute Gasteiger partial charge is 0.438 e. The summed E-state index contributed by atoms with van der Waals surface area (Å²) in [5.74, 6) is 1.10. The van der Waals surface area contributed by atoms with Gasteiger partial charge >= 0.3 is 0 Å². The molecule has 1 aromatic heterocycles. The normalized spacial score (nSPS) is 10.1. The van der Waals surface area contributed by atoms with Crippen molar-refractivity contribution in [2.75, 3.05) is 0 Å². The van der Waals surface area contributed by atoms with Crippen molar-refractivity contribution in [2.45, 2.75) is 6.54 Å². The van der Waals surface area contributed by atoms with E-state index in [1.807, 2.05) is 24.3 Å². The number of hydrogen-bond donors (Lipinski definition) is 1. The smallest absolute Gasteiger partial charge is 0.238 e. The number of nitrogens with two attached hydrogens (primary N) is 1. The lowest BCUT2D eigenvalue weighted by molar-refractivity contribution is 0.463.